The Morgan fingerprint density at radius 2 is 1.04 bits per heavy atom. The Morgan fingerprint density at radius 3 is 1.45 bits per heavy atom. The van der Waals surface area contributed by atoms with Gasteiger partial charge in [0.2, 0.25) is 0 Å². The van der Waals surface area contributed by atoms with Crippen LogP contribution in [0.25, 0.3) is 21.8 Å². The minimum absolute atomic E-state index is 0. The van der Waals surface area contributed by atoms with E-state index in [9.17, 15) is 4.79 Å². The summed E-state index contributed by atoms with van der Waals surface area (Å²) >= 11 is -1.62. The zero-order chi connectivity index (χ0) is 34.9. The number of benzene rings is 2. The number of carbonyl (C=O) groups is 1. The van der Waals surface area contributed by atoms with Crippen LogP contribution in [0.3, 0.4) is 0 Å². The second-order valence-electron chi connectivity index (χ2n) is 15.5. The van der Waals surface area contributed by atoms with Crippen LogP contribution in [0.15, 0.2) is 60.7 Å². The third kappa shape index (κ3) is 11.9. The van der Waals surface area contributed by atoms with Gasteiger partial charge in [0, 0.05) is 16.5 Å². The van der Waals surface area contributed by atoms with Gasteiger partial charge in [0.1, 0.15) is 17.2 Å². The van der Waals surface area contributed by atoms with E-state index in [1.54, 1.807) is 6.07 Å². The predicted octanol–water partition coefficient (Wildman–Crippen LogP) is 10.6. The molecule has 0 amide bonds. The molecule has 7 nitrogen and oxygen atoms in total. The Bertz CT molecular complexity index is 1690. The van der Waals surface area contributed by atoms with Gasteiger partial charge in [0.05, 0.1) is 23.2 Å². The monoisotopic (exact) mass is 736 g/mol. The van der Waals surface area contributed by atoms with E-state index in [-0.39, 0.29) is 7.43 Å². The molecule has 0 radical (unpaired) electrons. The van der Waals surface area contributed by atoms with E-state index in [4.69, 9.17) is 17.1 Å². The normalized spacial score (nSPS) is 20.8. The average molecular weight is 736 g/mol. The van der Waals surface area contributed by atoms with Crippen molar-refractivity contribution in [1.82, 2.24) is 9.97 Å². The van der Waals surface area contributed by atoms with Crippen LogP contribution < -0.4 is 9.47 Å². The number of aromatic nitrogens is 2. The van der Waals surface area contributed by atoms with Crippen molar-refractivity contribution < 1.29 is 21.9 Å². The van der Waals surface area contributed by atoms with Crippen molar-refractivity contribution in [3.05, 3.63) is 72.1 Å². The van der Waals surface area contributed by atoms with Crippen LogP contribution in [0, 0.1) is 29.6 Å². The first-order chi connectivity index (χ1) is 22.8. The van der Waals surface area contributed by atoms with Gasteiger partial charge in [-0.15, -0.1) is 0 Å². The van der Waals surface area contributed by atoms with Crippen molar-refractivity contribution in [2.75, 3.05) is 0 Å². The molecule has 2 aliphatic carbocycles. The van der Waals surface area contributed by atoms with Gasteiger partial charge in [0.25, 0.3) is 0 Å². The Kier molecular flexibility index (Phi) is 14.8. The Hall–Kier alpha value is -3.35. The Balaban J connectivity index is 0.000000241. The summed E-state index contributed by atoms with van der Waals surface area (Å²) in [6.45, 7) is 16.1. The molecule has 0 spiro atoms. The van der Waals surface area contributed by atoms with E-state index in [0.717, 1.165) is 70.0 Å². The summed E-state index contributed by atoms with van der Waals surface area (Å²) in [5, 5.41) is 2.17. The number of aldehydes is 1. The third-order valence-corrected chi connectivity index (χ3v) is 10.0. The van der Waals surface area contributed by atoms with Crippen LogP contribution in [0.1, 0.15) is 117 Å². The molecule has 8 heteroatoms. The molecule has 2 fully saturated rings. The molecule has 0 saturated heterocycles. The fourth-order valence-corrected chi connectivity index (χ4v) is 7.02. The van der Waals surface area contributed by atoms with Crippen LogP contribution in [0.5, 0.6) is 11.5 Å². The summed E-state index contributed by atoms with van der Waals surface area (Å²) in [5.41, 5.74) is 4.23. The molecule has 2 saturated carbocycles. The second-order valence-corrected chi connectivity index (χ2v) is 15.8. The first-order valence-electron chi connectivity index (χ1n) is 17.3. The molecule has 0 bridgehead atoms. The number of rotatable bonds is 5. The van der Waals surface area contributed by atoms with Gasteiger partial charge in [0.15, 0.2) is 6.29 Å². The van der Waals surface area contributed by atoms with Crippen LogP contribution in [0.2, 0.25) is 0 Å². The van der Waals surface area contributed by atoms with Crippen LogP contribution in [-0.2, 0) is 7.67 Å². The number of pyridine rings is 2. The Labute approximate surface area is 299 Å². The fraction of sp³-hybridized carbons (Fsp3) is 0.537. The number of carbonyl (C=O) groups excluding carboxylic acids is 1. The molecule has 2 heterocycles. The second kappa shape index (κ2) is 18.1. The maximum atomic E-state index is 10.8. The molecule has 0 N–H and O–H groups in total. The van der Waals surface area contributed by atoms with Crippen molar-refractivity contribution in [1.29, 1.82) is 0 Å². The number of hydrogen-bond acceptors (Lipinski definition) is 7. The van der Waals surface area contributed by atoms with E-state index in [1.807, 2.05) is 31.2 Å². The molecular formula is C41H56N2O5Se. The first-order valence-corrected chi connectivity index (χ1v) is 18.7. The standard InChI is InChI=1S/C20H25NO2.C20H27NO.CH4.O2Se/c1-20(2,3)15-5-8-17(9-6-15)23-18-10-11-19-14(12-18)4-7-16(13-22)21-19;1-14-5-6-15-13-18(11-12-19(15)21-14)22-17-9-7-16(8-10-17)20(2,3)4;;1-3-2/h4,7,10-13,15,17H,5-6,8-9H2,1-3H3;5-6,11-13,16-17H,7-10H2,1-4H3;1H4;. The molecule has 266 valence electrons. The van der Waals surface area contributed by atoms with Gasteiger partial charge in [-0.1, -0.05) is 61.1 Å². The molecule has 2 aliphatic rings. The van der Waals surface area contributed by atoms with Crippen molar-refractivity contribution in [3.63, 3.8) is 0 Å². The predicted molar refractivity (Wildman–Crippen MR) is 199 cm³/mol. The average Bonchev–Trinajstić information content (AvgIpc) is 3.05. The molecule has 2 aromatic heterocycles. The number of fused-ring (bicyclic) bond motifs is 2. The Morgan fingerprint density at radius 1 is 0.633 bits per heavy atom. The van der Waals surface area contributed by atoms with Crippen molar-refractivity contribution in [3.8, 4) is 11.5 Å². The fourth-order valence-electron chi connectivity index (χ4n) is 7.02. The van der Waals surface area contributed by atoms with E-state index in [0.29, 0.717) is 28.7 Å². The summed E-state index contributed by atoms with van der Waals surface area (Å²) in [6, 6.07) is 20.0. The van der Waals surface area contributed by atoms with Crippen molar-refractivity contribution in [2.24, 2.45) is 22.7 Å². The van der Waals surface area contributed by atoms with Gasteiger partial charge < -0.3 is 9.47 Å². The number of hydrogen-bond donors (Lipinski definition) is 0. The molecule has 49 heavy (non-hydrogen) atoms. The van der Waals surface area contributed by atoms with E-state index in [1.165, 1.54) is 38.5 Å². The maximum absolute atomic E-state index is 10.8. The zero-order valence-electron chi connectivity index (χ0n) is 29.7. The molecule has 0 aliphatic heterocycles. The number of aryl methyl sites for hydroxylation is 1. The van der Waals surface area contributed by atoms with Crippen LogP contribution in [0.4, 0.5) is 0 Å². The van der Waals surface area contributed by atoms with E-state index in [2.05, 4.69) is 81.8 Å². The minimum atomic E-state index is -1.62. The summed E-state index contributed by atoms with van der Waals surface area (Å²) in [6.07, 6.45) is 11.1. The quantitative estimate of drug-likeness (QED) is 0.149. The van der Waals surface area contributed by atoms with Gasteiger partial charge in [-0.2, -0.15) is 0 Å². The van der Waals surface area contributed by atoms with E-state index >= 15 is 0 Å². The van der Waals surface area contributed by atoms with Gasteiger partial charge >= 0.3 is 22.5 Å². The van der Waals surface area contributed by atoms with Crippen LogP contribution in [-0.4, -0.2) is 43.3 Å². The zero-order valence-corrected chi connectivity index (χ0v) is 31.4. The molecular weight excluding hydrogens is 679 g/mol. The van der Waals surface area contributed by atoms with E-state index < -0.39 is 14.8 Å². The van der Waals surface area contributed by atoms with Gasteiger partial charge in [-0.05, 0) is 129 Å². The SMILES string of the molecule is C.CC(C)(C)C1CCC(Oc2ccc3nc(C=O)ccc3c2)CC1.Cc1ccc2cc(OC3CCC(C(C)(C)C)CC3)ccc2n1.O=[Se]=O. The van der Waals surface area contributed by atoms with Gasteiger partial charge in [-0.25, -0.2) is 4.98 Å². The molecule has 4 aromatic rings. The molecule has 0 atom stereocenters. The van der Waals surface area contributed by atoms with Crippen molar-refractivity contribution in [2.45, 2.75) is 119 Å². The summed E-state index contributed by atoms with van der Waals surface area (Å²) in [5.74, 6) is 3.51. The topological polar surface area (TPSA) is 95.4 Å². The first kappa shape index (κ1) is 40.1. The molecule has 2 aromatic carbocycles. The molecule has 6 rings (SSSR count). The number of ether oxygens (including phenoxy) is 2. The molecule has 0 unspecified atom stereocenters. The summed E-state index contributed by atoms with van der Waals surface area (Å²) in [4.78, 5) is 19.6. The summed E-state index contributed by atoms with van der Waals surface area (Å²) in [7, 11) is 0. The number of nitrogens with zero attached hydrogens (tertiary/aromatic N) is 2. The third-order valence-electron chi connectivity index (χ3n) is 10.0. The van der Waals surface area contributed by atoms with Crippen molar-refractivity contribution >= 4 is 42.9 Å². The van der Waals surface area contributed by atoms with Gasteiger partial charge in [-0.3, -0.25) is 9.78 Å². The van der Waals surface area contributed by atoms with Crippen LogP contribution >= 0.6 is 0 Å². The summed E-state index contributed by atoms with van der Waals surface area (Å²) < 4.78 is 29.3.